The van der Waals surface area contributed by atoms with Crippen molar-refractivity contribution in [1.29, 1.82) is 0 Å². The highest BCUT2D eigenvalue weighted by atomic mass is 16.5. The molecule has 0 fully saturated rings. The third kappa shape index (κ3) is 3.86. The molecule has 0 unspecified atom stereocenters. The van der Waals surface area contributed by atoms with Gasteiger partial charge >= 0.3 is 6.03 Å². The van der Waals surface area contributed by atoms with Gasteiger partial charge in [-0.1, -0.05) is 54.6 Å². The fourth-order valence-corrected chi connectivity index (χ4v) is 2.85. The van der Waals surface area contributed by atoms with Crippen molar-refractivity contribution in [1.82, 2.24) is 4.90 Å². The monoisotopic (exact) mass is 346 g/mol. The maximum Gasteiger partial charge on any atom is 0.329 e. The minimum atomic E-state index is -0.103. The Bertz CT molecular complexity index is 811. The van der Waals surface area contributed by atoms with Gasteiger partial charge in [-0.25, -0.2) is 4.79 Å². The first-order chi connectivity index (χ1) is 12.7. The number of nitrogens with zero attached hydrogens (tertiary/aromatic N) is 2. The summed E-state index contributed by atoms with van der Waals surface area (Å²) in [4.78, 5) is 16.7. The Morgan fingerprint density at radius 1 is 0.808 bits per heavy atom. The Labute approximate surface area is 154 Å². The lowest BCUT2D eigenvalue weighted by Crippen LogP contribution is -2.38. The number of amides is 2. The van der Waals surface area contributed by atoms with E-state index in [0.717, 1.165) is 22.7 Å². The predicted molar refractivity (Wildman–Crippen MR) is 105 cm³/mol. The molecule has 3 aromatic carbocycles. The smallest absolute Gasteiger partial charge is 0.329 e. The summed E-state index contributed by atoms with van der Waals surface area (Å²) in [5, 5.41) is 0. The quantitative estimate of drug-likeness (QED) is 0.645. The molecule has 0 atom stereocenters. The minimum Gasteiger partial charge on any atom is -0.496 e. The number of urea groups is 1. The van der Waals surface area contributed by atoms with Gasteiger partial charge in [0.2, 0.25) is 0 Å². The van der Waals surface area contributed by atoms with Crippen LogP contribution in [0.15, 0.2) is 84.9 Å². The summed E-state index contributed by atoms with van der Waals surface area (Å²) < 4.78 is 5.40. The summed E-state index contributed by atoms with van der Waals surface area (Å²) in [5.41, 5.74) is 2.62. The Morgan fingerprint density at radius 3 is 1.85 bits per heavy atom. The number of benzene rings is 3. The minimum absolute atomic E-state index is 0.103. The van der Waals surface area contributed by atoms with Gasteiger partial charge in [0.05, 0.1) is 25.0 Å². The first-order valence-corrected chi connectivity index (χ1v) is 8.48. The van der Waals surface area contributed by atoms with E-state index in [1.165, 1.54) is 0 Å². The van der Waals surface area contributed by atoms with Crippen molar-refractivity contribution in [3.8, 4) is 5.75 Å². The molecule has 0 spiro atoms. The maximum atomic E-state index is 13.3. The molecule has 26 heavy (non-hydrogen) atoms. The molecule has 2 amide bonds. The predicted octanol–water partition coefficient (Wildman–Crippen LogP) is 5.09. The second-order valence-electron chi connectivity index (χ2n) is 5.96. The van der Waals surface area contributed by atoms with Crippen molar-refractivity contribution in [2.24, 2.45) is 0 Å². The number of ether oxygens (including phenoxy) is 1. The average molecular weight is 346 g/mol. The number of para-hydroxylation sites is 3. The van der Waals surface area contributed by atoms with E-state index in [1.54, 1.807) is 24.0 Å². The van der Waals surface area contributed by atoms with Gasteiger partial charge in [-0.2, -0.15) is 0 Å². The molecule has 0 heterocycles. The summed E-state index contributed by atoms with van der Waals surface area (Å²) in [6.45, 7) is 0.457. The fourth-order valence-electron chi connectivity index (χ4n) is 2.85. The van der Waals surface area contributed by atoms with Gasteiger partial charge < -0.3 is 9.64 Å². The molecule has 4 heteroatoms. The number of rotatable bonds is 5. The number of methoxy groups -OCH3 is 1. The van der Waals surface area contributed by atoms with Gasteiger partial charge in [0.25, 0.3) is 0 Å². The summed E-state index contributed by atoms with van der Waals surface area (Å²) in [6.07, 6.45) is 0. The van der Waals surface area contributed by atoms with Crippen LogP contribution in [0.4, 0.5) is 16.2 Å². The summed E-state index contributed by atoms with van der Waals surface area (Å²) in [6, 6.07) is 27.0. The van der Waals surface area contributed by atoms with Crippen molar-refractivity contribution >= 4 is 17.4 Å². The molecule has 0 aliphatic carbocycles. The number of carbonyl (C=O) groups excluding carboxylic acids is 1. The zero-order chi connectivity index (χ0) is 18.4. The number of hydrogen-bond donors (Lipinski definition) is 0. The summed E-state index contributed by atoms with van der Waals surface area (Å²) in [7, 11) is 3.44. The molecule has 0 saturated carbocycles. The fraction of sp³-hybridized carbons (Fsp3) is 0.136. The van der Waals surface area contributed by atoms with Gasteiger partial charge in [-0.05, 0) is 30.3 Å². The van der Waals surface area contributed by atoms with E-state index in [-0.39, 0.29) is 6.03 Å². The van der Waals surface area contributed by atoms with Gasteiger partial charge in [-0.15, -0.1) is 0 Å². The normalized spacial score (nSPS) is 10.2. The van der Waals surface area contributed by atoms with E-state index in [0.29, 0.717) is 6.54 Å². The lowest BCUT2D eigenvalue weighted by molar-refractivity contribution is 0.215. The molecule has 132 valence electrons. The second-order valence-corrected chi connectivity index (χ2v) is 5.96. The van der Waals surface area contributed by atoms with E-state index >= 15 is 0 Å². The topological polar surface area (TPSA) is 32.8 Å². The van der Waals surface area contributed by atoms with Crippen LogP contribution >= 0.6 is 0 Å². The van der Waals surface area contributed by atoms with Crippen LogP contribution < -0.4 is 9.64 Å². The standard InChI is InChI=1S/C22H22N2O2/c1-23(17-18-11-9-10-16-21(18)26-2)22(25)24(19-12-5-3-6-13-19)20-14-7-4-8-15-20/h3-16H,17H2,1-2H3. The van der Waals surface area contributed by atoms with Crippen molar-refractivity contribution in [3.05, 3.63) is 90.5 Å². The van der Waals surface area contributed by atoms with E-state index in [4.69, 9.17) is 4.74 Å². The molecule has 0 N–H and O–H groups in total. The molecule has 4 nitrogen and oxygen atoms in total. The van der Waals surface area contributed by atoms with Gasteiger partial charge in [-0.3, -0.25) is 4.90 Å². The summed E-state index contributed by atoms with van der Waals surface area (Å²) >= 11 is 0. The van der Waals surface area contributed by atoms with E-state index < -0.39 is 0 Å². The van der Waals surface area contributed by atoms with Crippen LogP contribution in [-0.4, -0.2) is 25.1 Å². The van der Waals surface area contributed by atoms with Crippen molar-refractivity contribution in [3.63, 3.8) is 0 Å². The van der Waals surface area contributed by atoms with Crippen molar-refractivity contribution in [2.75, 3.05) is 19.1 Å². The van der Waals surface area contributed by atoms with Crippen molar-refractivity contribution in [2.45, 2.75) is 6.54 Å². The highest BCUT2D eigenvalue weighted by molar-refractivity contribution is 5.99. The van der Waals surface area contributed by atoms with Crippen LogP contribution in [0.3, 0.4) is 0 Å². The molecule has 0 bridgehead atoms. The number of hydrogen-bond acceptors (Lipinski definition) is 2. The molecule has 3 aromatic rings. The summed E-state index contributed by atoms with van der Waals surface area (Å²) in [5.74, 6) is 0.776. The molecule has 0 saturated heterocycles. The Hall–Kier alpha value is -3.27. The van der Waals surface area contributed by atoms with Crippen LogP contribution in [0.25, 0.3) is 0 Å². The highest BCUT2D eigenvalue weighted by Gasteiger charge is 2.22. The zero-order valence-corrected chi connectivity index (χ0v) is 15.0. The molecule has 0 radical (unpaired) electrons. The Morgan fingerprint density at radius 2 is 1.31 bits per heavy atom. The number of carbonyl (C=O) groups is 1. The van der Waals surface area contributed by atoms with Gasteiger partial charge in [0.1, 0.15) is 5.75 Å². The SMILES string of the molecule is COc1ccccc1CN(C)C(=O)N(c1ccccc1)c1ccccc1. The molecule has 0 aliphatic rings. The molecular weight excluding hydrogens is 324 g/mol. The van der Waals surface area contributed by atoms with Gasteiger partial charge in [0, 0.05) is 12.6 Å². The average Bonchev–Trinajstić information content (AvgIpc) is 2.70. The lowest BCUT2D eigenvalue weighted by Gasteiger charge is -2.29. The third-order valence-electron chi connectivity index (χ3n) is 4.15. The zero-order valence-electron chi connectivity index (χ0n) is 15.0. The Kier molecular flexibility index (Phi) is 5.54. The highest BCUT2D eigenvalue weighted by Crippen LogP contribution is 2.27. The van der Waals surface area contributed by atoms with Crippen LogP contribution in [0.1, 0.15) is 5.56 Å². The molecule has 0 aromatic heterocycles. The number of anilines is 2. The first kappa shape index (κ1) is 17.5. The van der Waals surface area contributed by atoms with E-state index in [1.807, 2.05) is 84.9 Å². The maximum absolute atomic E-state index is 13.3. The van der Waals surface area contributed by atoms with E-state index in [9.17, 15) is 4.79 Å². The largest absolute Gasteiger partial charge is 0.496 e. The molecule has 3 rings (SSSR count). The van der Waals surface area contributed by atoms with Crippen LogP contribution in [0.2, 0.25) is 0 Å². The molecular formula is C22H22N2O2. The van der Waals surface area contributed by atoms with Crippen LogP contribution in [0, 0.1) is 0 Å². The van der Waals surface area contributed by atoms with Crippen molar-refractivity contribution < 1.29 is 9.53 Å². The van der Waals surface area contributed by atoms with Crippen LogP contribution in [0.5, 0.6) is 5.75 Å². The first-order valence-electron chi connectivity index (χ1n) is 8.48. The van der Waals surface area contributed by atoms with Gasteiger partial charge in [0.15, 0.2) is 0 Å². The molecule has 0 aliphatic heterocycles. The lowest BCUT2D eigenvalue weighted by atomic mass is 10.2. The Balaban J connectivity index is 1.90. The third-order valence-corrected chi connectivity index (χ3v) is 4.15. The van der Waals surface area contributed by atoms with Crippen LogP contribution in [-0.2, 0) is 6.54 Å². The van der Waals surface area contributed by atoms with E-state index in [2.05, 4.69) is 0 Å². The second kappa shape index (κ2) is 8.21.